The standard InChI is InChI=1S/C8H3Br2ClF2O/c9-5-4-2(12)1-3(13)6(11)7(4)14-8(5)10/h1,5,8H. The van der Waals surface area contributed by atoms with Gasteiger partial charge < -0.3 is 4.74 Å². The molecule has 0 bridgehead atoms. The van der Waals surface area contributed by atoms with E-state index in [-0.39, 0.29) is 21.2 Å². The van der Waals surface area contributed by atoms with Gasteiger partial charge in [-0.15, -0.1) is 0 Å². The van der Waals surface area contributed by atoms with Crippen LogP contribution in [0.5, 0.6) is 5.75 Å². The summed E-state index contributed by atoms with van der Waals surface area (Å²) < 4.78 is 31.5. The summed E-state index contributed by atoms with van der Waals surface area (Å²) >= 11 is 12.0. The molecule has 1 aliphatic rings. The summed E-state index contributed by atoms with van der Waals surface area (Å²) in [4.78, 5) is -0.365. The Bertz CT molecular complexity index is 399. The summed E-state index contributed by atoms with van der Waals surface area (Å²) in [6.07, 6.45) is 0. The molecule has 6 heteroatoms. The summed E-state index contributed by atoms with van der Waals surface area (Å²) in [5.41, 5.74) is 0.248. The minimum Gasteiger partial charge on any atom is -0.476 e. The summed E-state index contributed by atoms with van der Waals surface area (Å²) in [6, 6.07) is 0.754. The SMILES string of the molecule is Fc1cc(F)c2c(c1Cl)OC(Br)C2Br. The highest BCUT2D eigenvalue weighted by Gasteiger charge is 2.36. The molecule has 1 heterocycles. The Labute approximate surface area is 101 Å². The summed E-state index contributed by atoms with van der Waals surface area (Å²) in [5, 5.41) is -0.626. The van der Waals surface area contributed by atoms with Gasteiger partial charge in [0.05, 0.1) is 10.4 Å². The maximum atomic E-state index is 13.3. The van der Waals surface area contributed by atoms with Crippen molar-refractivity contribution in [2.75, 3.05) is 0 Å². The van der Waals surface area contributed by atoms with Crippen LogP contribution in [0.4, 0.5) is 8.78 Å². The Morgan fingerprint density at radius 3 is 2.57 bits per heavy atom. The van der Waals surface area contributed by atoms with Gasteiger partial charge in [0.1, 0.15) is 22.4 Å². The van der Waals surface area contributed by atoms with E-state index in [2.05, 4.69) is 31.9 Å². The van der Waals surface area contributed by atoms with Crippen molar-refractivity contribution in [3.63, 3.8) is 0 Å². The normalized spacial score (nSPS) is 24.6. The number of halogens is 5. The molecule has 2 atom stereocenters. The zero-order valence-corrected chi connectivity index (χ0v) is 10.5. The first kappa shape index (κ1) is 10.6. The molecule has 2 rings (SSSR count). The number of hydrogen-bond donors (Lipinski definition) is 0. The summed E-state index contributed by atoms with van der Waals surface area (Å²) in [7, 11) is 0. The first-order chi connectivity index (χ1) is 6.52. The lowest BCUT2D eigenvalue weighted by Gasteiger charge is -2.03. The van der Waals surface area contributed by atoms with Crippen molar-refractivity contribution in [1.82, 2.24) is 0 Å². The molecule has 0 saturated heterocycles. The number of fused-ring (bicyclic) bond motifs is 1. The first-order valence-corrected chi connectivity index (χ1v) is 5.85. The van der Waals surface area contributed by atoms with E-state index in [0.29, 0.717) is 0 Å². The topological polar surface area (TPSA) is 9.23 Å². The Morgan fingerprint density at radius 1 is 1.29 bits per heavy atom. The molecule has 0 radical (unpaired) electrons. The van der Waals surface area contributed by atoms with Crippen molar-refractivity contribution < 1.29 is 13.5 Å². The van der Waals surface area contributed by atoms with Crippen LogP contribution in [0.3, 0.4) is 0 Å². The monoisotopic (exact) mass is 346 g/mol. The molecule has 0 spiro atoms. The minimum atomic E-state index is -0.816. The molecule has 0 saturated carbocycles. The number of alkyl halides is 2. The van der Waals surface area contributed by atoms with Crippen molar-refractivity contribution in [2.45, 2.75) is 9.84 Å². The van der Waals surface area contributed by atoms with E-state index >= 15 is 0 Å². The lowest BCUT2D eigenvalue weighted by atomic mass is 10.1. The number of hydrogen-bond acceptors (Lipinski definition) is 1. The molecule has 14 heavy (non-hydrogen) atoms. The Balaban J connectivity index is 2.67. The third kappa shape index (κ3) is 1.46. The Hall–Kier alpha value is 0.130. The predicted octanol–water partition coefficient (Wildman–Crippen LogP) is 4.17. The first-order valence-electron chi connectivity index (χ1n) is 3.64. The fraction of sp³-hybridized carbons (Fsp3) is 0.250. The van der Waals surface area contributed by atoms with Crippen LogP contribution in [0.25, 0.3) is 0 Å². The molecule has 1 nitrogen and oxygen atoms in total. The molecule has 0 amide bonds. The van der Waals surface area contributed by atoms with Gasteiger partial charge in [-0.05, 0) is 15.9 Å². The molecule has 76 valence electrons. The molecule has 0 aromatic heterocycles. The third-order valence-electron chi connectivity index (χ3n) is 1.90. The predicted molar refractivity (Wildman–Crippen MR) is 56.4 cm³/mol. The molecule has 0 aliphatic carbocycles. The Morgan fingerprint density at radius 2 is 1.93 bits per heavy atom. The van der Waals surface area contributed by atoms with Crippen LogP contribution in [-0.4, -0.2) is 5.01 Å². The van der Waals surface area contributed by atoms with Crippen LogP contribution in [0.15, 0.2) is 6.07 Å². The van der Waals surface area contributed by atoms with Crippen LogP contribution in [0.1, 0.15) is 10.4 Å². The van der Waals surface area contributed by atoms with Crippen LogP contribution < -0.4 is 4.74 Å². The maximum absolute atomic E-state index is 13.3. The molecule has 2 unspecified atom stereocenters. The highest BCUT2D eigenvalue weighted by Crippen LogP contribution is 2.49. The molecule has 1 aromatic carbocycles. The van der Waals surface area contributed by atoms with E-state index < -0.39 is 16.6 Å². The zero-order chi connectivity index (χ0) is 10.5. The quantitative estimate of drug-likeness (QED) is 0.505. The highest BCUT2D eigenvalue weighted by atomic mass is 79.9. The molecular weight excluding hydrogens is 345 g/mol. The second kappa shape index (κ2) is 3.61. The molecule has 0 fully saturated rings. The van der Waals surface area contributed by atoms with E-state index in [0.717, 1.165) is 6.07 Å². The number of benzene rings is 1. The van der Waals surface area contributed by atoms with Gasteiger partial charge in [0.25, 0.3) is 0 Å². The maximum Gasteiger partial charge on any atom is 0.170 e. The molecule has 1 aromatic rings. The lowest BCUT2D eigenvalue weighted by Crippen LogP contribution is -2.04. The third-order valence-corrected chi connectivity index (χ3v) is 4.62. The molecule has 0 N–H and O–H groups in total. The van der Waals surface area contributed by atoms with Crippen LogP contribution >= 0.6 is 43.5 Å². The van der Waals surface area contributed by atoms with Crippen molar-refractivity contribution in [3.8, 4) is 5.75 Å². The van der Waals surface area contributed by atoms with E-state index in [9.17, 15) is 8.78 Å². The van der Waals surface area contributed by atoms with Gasteiger partial charge in [-0.3, -0.25) is 0 Å². The number of rotatable bonds is 0. The van der Waals surface area contributed by atoms with Gasteiger partial charge in [0.2, 0.25) is 0 Å². The van der Waals surface area contributed by atoms with Crippen molar-refractivity contribution in [2.24, 2.45) is 0 Å². The van der Waals surface area contributed by atoms with E-state index in [1.54, 1.807) is 0 Å². The van der Waals surface area contributed by atoms with Gasteiger partial charge in [-0.1, -0.05) is 27.5 Å². The molecular formula is C8H3Br2ClF2O. The number of ether oxygens (including phenoxy) is 1. The van der Waals surface area contributed by atoms with Crippen molar-refractivity contribution >= 4 is 43.5 Å². The summed E-state index contributed by atoms with van der Waals surface area (Å²) in [6.45, 7) is 0. The van der Waals surface area contributed by atoms with Crippen LogP contribution in [0.2, 0.25) is 5.02 Å². The average molecular weight is 348 g/mol. The van der Waals surface area contributed by atoms with Gasteiger partial charge in [0.15, 0.2) is 5.01 Å². The van der Waals surface area contributed by atoms with Crippen molar-refractivity contribution in [3.05, 3.63) is 28.3 Å². The fourth-order valence-corrected chi connectivity index (χ4v) is 2.45. The largest absolute Gasteiger partial charge is 0.476 e. The highest BCUT2D eigenvalue weighted by molar-refractivity contribution is 9.12. The second-order valence-corrected chi connectivity index (χ2v) is 5.03. The van der Waals surface area contributed by atoms with E-state index in [1.165, 1.54) is 0 Å². The van der Waals surface area contributed by atoms with Crippen molar-refractivity contribution in [1.29, 1.82) is 0 Å². The summed E-state index contributed by atoms with van der Waals surface area (Å²) in [5.74, 6) is -1.41. The second-order valence-electron chi connectivity index (χ2n) is 2.77. The van der Waals surface area contributed by atoms with Crippen LogP contribution in [0, 0.1) is 11.6 Å². The molecule has 1 aliphatic heterocycles. The van der Waals surface area contributed by atoms with Gasteiger partial charge >= 0.3 is 0 Å². The average Bonchev–Trinajstić information content (AvgIpc) is 2.40. The smallest absolute Gasteiger partial charge is 0.170 e. The zero-order valence-electron chi connectivity index (χ0n) is 6.53. The van der Waals surface area contributed by atoms with E-state index in [4.69, 9.17) is 16.3 Å². The Kier molecular flexibility index (Phi) is 2.74. The van der Waals surface area contributed by atoms with Gasteiger partial charge in [0, 0.05) is 6.07 Å². The van der Waals surface area contributed by atoms with Crippen LogP contribution in [-0.2, 0) is 0 Å². The lowest BCUT2D eigenvalue weighted by molar-refractivity contribution is 0.327. The van der Waals surface area contributed by atoms with E-state index in [1.807, 2.05) is 0 Å². The fourth-order valence-electron chi connectivity index (χ4n) is 1.26. The van der Waals surface area contributed by atoms with Gasteiger partial charge in [-0.2, -0.15) is 0 Å². The minimum absolute atomic E-state index is 0.0629. The van der Waals surface area contributed by atoms with Gasteiger partial charge in [-0.25, -0.2) is 8.78 Å².